The van der Waals surface area contributed by atoms with Gasteiger partial charge in [0, 0.05) is 25.8 Å². The van der Waals surface area contributed by atoms with Crippen LogP contribution in [0.1, 0.15) is 29.3 Å². The zero-order valence-electron chi connectivity index (χ0n) is 11.7. The predicted octanol–water partition coefficient (Wildman–Crippen LogP) is 0.663. The van der Waals surface area contributed by atoms with E-state index in [0.717, 1.165) is 5.56 Å². The molecule has 1 rings (SSSR count). The summed E-state index contributed by atoms with van der Waals surface area (Å²) >= 11 is 0. The Morgan fingerprint density at radius 2 is 2.10 bits per heavy atom. The summed E-state index contributed by atoms with van der Waals surface area (Å²) in [5, 5.41) is 7.81. The number of hydrogen-bond donors (Lipinski definition) is 2. The van der Waals surface area contributed by atoms with Gasteiger partial charge in [0.25, 0.3) is 5.91 Å². The third kappa shape index (κ3) is 4.59. The molecule has 0 spiro atoms. The van der Waals surface area contributed by atoms with Crippen LogP contribution in [0, 0.1) is 0 Å². The summed E-state index contributed by atoms with van der Waals surface area (Å²) in [6.45, 7) is 2.92. The fourth-order valence-corrected chi connectivity index (χ4v) is 2.31. The fraction of sp³-hybridized carbons (Fsp3) is 0.462. The lowest BCUT2D eigenvalue weighted by Crippen LogP contribution is -2.26. The van der Waals surface area contributed by atoms with Crippen molar-refractivity contribution in [2.75, 3.05) is 20.3 Å². The standard InChI is InChI=1S/C13H20N2O4S/c1-3-10-5-6-11(20(14,17)18)9-12(10)13(16)15-7-4-8-19-2/h5-6,9H,3-4,7-8H2,1-2H3,(H,15,16)(H2,14,17,18). The maximum absolute atomic E-state index is 12.1. The molecule has 3 N–H and O–H groups in total. The summed E-state index contributed by atoms with van der Waals surface area (Å²) < 4.78 is 27.6. The minimum Gasteiger partial charge on any atom is -0.385 e. The Morgan fingerprint density at radius 1 is 1.40 bits per heavy atom. The Hall–Kier alpha value is -1.44. The second kappa shape index (κ2) is 7.37. The van der Waals surface area contributed by atoms with Crippen LogP contribution in [0.2, 0.25) is 0 Å². The van der Waals surface area contributed by atoms with E-state index in [1.807, 2.05) is 6.92 Å². The van der Waals surface area contributed by atoms with E-state index in [9.17, 15) is 13.2 Å². The zero-order valence-corrected chi connectivity index (χ0v) is 12.5. The molecule has 0 radical (unpaired) electrons. The first kappa shape index (κ1) is 16.6. The van der Waals surface area contributed by atoms with E-state index in [1.165, 1.54) is 12.1 Å². The quantitative estimate of drug-likeness (QED) is 0.723. The summed E-state index contributed by atoms with van der Waals surface area (Å²) in [4.78, 5) is 12.0. The topological polar surface area (TPSA) is 98.5 Å². The molecule has 0 saturated heterocycles. The highest BCUT2D eigenvalue weighted by molar-refractivity contribution is 7.89. The van der Waals surface area contributed by atoms with E-state index in [4.69, 9.17) is 9.88 Å². The van der Waals surface area contributed by atoms with Crippen LogP contribution < -0.4 is 10.5 Å². The molecule has 1 amide bonds. The monoisotopic (exact) mass is 300 g/mol. The summed E-state index contributed by atoms with van der Waals surface area (Å²) in [5.41, 5.74) is 1.12. The molecule has 7 heteroatoms. The Kier molecular flexibility index (Phi) is 6.12. The number of benzene rings is 1. The van der Waals surface area contributed by atoms with Crippen molar-refractivity contribution in [3.05, 3.63) is 29.3 Å². The second-order valence-corrected chi connectivity index (χ2v) is 5.88. The lowest BCUT2D eigenvalue weighted by atomic mass is 10.0. The number of aryl methyl sites for hydroxylation is 1. The highest BCUT2D eigenvalue weighted by atomic mass is 32.2. The lowest BCUT2D eigenvalue weighted by molar-refractivity contribution is 0.0947. The van der Waals surface area contributed by atoms with Gasteiger partial charge in [-0.3, -0.25) is 4.79 Å². The molecular weight excluding hydrogens is 280 g/mol. The Morgan fingerprint density at radius 3 is 2.65 bits per heavy atom. The van der Waals surface area contributed by atoms with E-state index < -0.39 is 10.0 Å². The van der Waals surface area contributed by atoms with E-state index in [1.54, 1.807) is 13.2 Å². The molecule has 0 fully saturated rings. The molecule has 20 heavy (non-hydrogen) atoms. The zero-order chi connectivity index (χ0) is 15.2. The van der Waals surface area contributed by atoms with Crippen molar-refractivity contribution in [2.45, 2.75) is 24.7 Å². The molecule has 1 aromatic rings. The van der Waals surface area contributed by atoms with Gasteiger partial charge in [0.15, 0.2) is 0 Å². The number of sulfonamides is 1. The van der Waals surface area contributed by atoms with Crippen LogP contribution in [-0.4, -0.2) is 34.6 Å². The number of methoxy groups -OCH3 is 1. The molecule has 0 saturated carbocycles. The van der Waals surface area contributed by atoms with Crippen molar-refractivity contribution < 1.29 is 17.9 Å². The van der Waals surface area contributed by atoms with Crippen molar-refractivity contribution in [1.82, 2.24) is 5.32 Å². The first-order chi connectivity index (χ1) is 9.40. The van der Waals surface area contributed by atoms with E-state index >= 15 is 0 Å². The largest absolute Gasteiger partial charge is 0.385 e. The van der Waals surface area contributed by atoms with Gasteiger partial charge >= 0.3 is 0 Å². The second-order valence-electron chi connectivity index (χ2n) is 4.32. The first-order valence-corrected chi connectivity index (χ1v) is 7.87. The molecule has 0 aliphatic carbocycles. The van der Waals surface area contributed by atoms with Crippen LogP contribution in [0.3, 0.4) is 0 Å². The van der Waals surface area contributed by atoms with Gasteiger partial charge in [0.05, 0.1) is 4.90 Å². The van der Waals surface area contributed by atoms with Crippen LogP contribution in [0.15, 0.2) is 23.1 Å². The van der Waals surface area contributed by atoms with Gasteiger partial charge in [-0.2, -0.15) is 0 Å². The minimum absolute atomic E-state index is 0.0586. The SMILES string of the molecule is CCc1ccc(S(N)(=O)=O)cc1C(=O)NCCCOC. The van der Waals surface area contributed by atoms with Crippen LogP contribution >= 0.6 is 0 Å². The minimum atomic E-state index is -3.81. The third-order valence-electron chi connectivity index (χ3n) is 2.85. The summed E-state index contributed by atoms with van der Waals surface area (Å²) in [7, 11) is -2.22. The van der Waals surface area contributed by atoms with Gasteiger partial charge in [-0.25, -0.2) is 13.6 Å². The van der Waals surface area contributed by atoms with Crippen molar-refractivity contribution in [3.8, 4) is 0 Å². The maximum Gasteiger partial charge on any atom is 0.251 e. The van der Waals surface area contributed by atoms with Crippen LogP contribution in [0.25, 0.3) is 0 Å². The molecule has 0 atom stereocenters. The van der Waals surface area contributed by atoms with Gasteiger partial charge in [0.2, 0.25) is 10.0 Å². The number of carbonyl (C=O) groups excluding carboxylic acids is 1. The molecule has 0 aromatic heterocycles. The Balaban J connectivity index is 2.93. The first-order valence-electron chi connectivity index (χ1n) is 6.33. The maximum atomic E-state index is 12.1. The highest BCUT2D eigenvalue weighted by Crippen LogP contribution is 2.16. The average Bonchev–Trinajstić information content (AvgIpc) is 2.41. The van der Waals surface area contributed by atoms with Gasteiger partial charge < -0.3 is 10.1 Å². The number of nitrogens with one attached hydrogen (secondary N) is 1. The normalized spacial score (nSPS) is 11.3. The van der Waals surface area contributed by atoms with Gasteiger partial charge in [-0.1, -0.05) is 13.0 Å². The smallest absolute Gasteiger partial charge is 0.251 e. The van der Waals surface area contributed by atoms with Crippen LogP contribution in [0.4, 0.5) is 0 Å². The molecule has 0 aliphatic rings. The van der Waals surface area contributed by atoms with Gasteiger partial charge in [-0.15, -0.1) is 0 Å². The molecule has 0 heterocycles. The van der Waals surface area contributed by atoms with Crippen LogP contribution in [0.5, 0.6) is 0 Å². The molecule has 0 unspecified atom stereocenters. The number of primary sulfonamides is 1. The van der Waals surface area contributed by atoms with E-state index in [-0.39, 0.29) is 10.8 Å². The van der Waals surface area contributed by atoms with Crippen molar-refractivity contribution in [2.24, 2.45) is 5.14 Å². The number of amides is 1. The van der Waals surface area contributed by atoms with Crippen LogP contribution in [-0.2, 0) is 21.2 Å². The highest BCUT2D eigenvalue weighted by Gasteiger charge is 2.15. The van der Waals surface area contributed by atoms with E-state index in [2.05, 4.69) is 5.32 Å². The number of nitrogens with two attached hydrogens (primary N) is 1. The lowest BCUT2D eigenvalue weighted by Gasteiger charge is -2.10. The predicted molar refractivity (Wildman–Crippen MR) is 76.0 cm³/mol. The Labute approximate surface area is 119 Å². The summed E-state index contributed by atoms with van der Waals surface area (Å²) in [6, 6.07) is 4.35. The number of ether oxygens (including phenoxy) is 1. The van der Waals surface area contributed by atoms with E-state index in [0.29, 0.717) is 31.6 Å². The molecule has 1 aromatic carbocycles. The molecular formula is C13H20N2O4S. The summed E-state index contributed by atoms with van der Waals surface area (Å²) in [6.07, 6.45) is 1.32. The third-order valence-corrected chi connectivity index (χ3v) is 3.76. The Bertz CT molecular complexity index is 570. The number of hydrogen-bond acceptors (Lipinski definition) is 4. The van der Waals surface area contributed by atoms with Gasteiger partial charge in [0.1, 0.15) is 0 Å². The van der Waals surface area contributed by atoms with Gasteiger partial charge in [-0.05, 0) is 30.5 Å². The number of rotatable bonds is 7. The molecule has 6 nitrogen and oxygen atoms in total. The van der Waals surface area contributed by atoms with Crippen molar-refractivity contribution in [3.63, 3.8) is 0 Å². The molecule has 0 bridgehead atoms. The van der Waals surface area contributed by atoms with Crippen molar-refractivity contribution >= 4 is 15.9 Å². The summed E-state index contributed by atoms with van der Waals surface area (Å²) in [5.74, 6) is -0.302. The van der Waals surface area contributed by atoms with Crippen molar-refractivity contribution in [1.29, 1.82) is 0 Å². The fourth-order valence-electron chi connectivity index (χ4n) is 1.77. The average molecular weight is 300 g/mol. The molecule has 112 valence electrons. The molecule has 0 aliphatic heterocycles. The number of carbonyl (C=O) groups is 1.